The van der Waals surface area contributed by atoms with Gasteiger partial charge < -0.3 is 4.57 Å². The fourth-order valence-electron chi connectivity index (χ4n) is 2.08. The molecule has 2 rings (SSSR count). The lowest BCUT2D eigenvalue weighted by molar-refractivity contribution is 0.268. The van der Waals surface area contributed by atoms with Gasteiger partial charge in [0, 0.05) is 32.2 Å². The van der Waals surface area contributed by atoms with Crippen LogP contribution in [0.1, 0.15) is 18.7 Å². The quantitative estimate of drug-likeness (QED) is 0.787. The SMILES string of the molecule is Cc1nc(S(=O)(=O)N(C)CC2CC(Cl)C2)cn1C. The summed E-state index contributed by atoms with van der Waals surface area (Å²) in [5, 5.41) is 0.329. The molecule has 0 saturated heterocycles. The fraction of sp³-hybridized carbons (Fsp3) is 0.727. The van der Waals surface area contributed by atoms with E-state index in [1.807, 2.05) is 0 Å². The van der Waals surface area contributed by atoms with Crippen LogP contribution in [0, 0.1) is 12.8 Å². The van der Waals surface area contributed by atoms with Crippen LogP contribution in [0.4, 0.5) is 0 Å². The van der Waals surface area contributed by atoms with Gasteiger partial charge in [0.1, 0.15) is 5.82 Å². The van der Waals surface area contributed by atoms with Crippen LogP contribution >= 0.6 is 11.6 Å². The van der Waals surface area contributed by atoms with Crippen LogP contribution in [0.5, 0.6) is 0 Å². The van der Waals surface area contributed by atoms with Gasteiger partial charge in [-0.05, 0) is 25.7 Å². The molecule has 0 aromatic carbocycles. The lowest BCUT2D eigenvalue weighted by Crippen LogP contribution is -2.38. The zero-order valence-electron chi connectivity index (χ0n) is 10.8. The molecule has 0 radical (unpaired) electrons. The first-order valence-corrected chi connectivity index (χ1v) is 7.78. The Balaban J connectivity index is 2.10. The van der Waals surface area contributed by atoms with Crippen LogP contribution < -0.4 is 0 Å². The van der Waals surface area contributed by atoms with E-state index in [2.05, 4.69) is 4.98 Å². The van der Waals surface area contributed by atoms with Crippen molar-refractivity contribution in [3.8, 4) is 0 Å². The summed E-state index contributed by atoms with van der Waals surface area (Å²) in [6.07, 6.45) is 3.33. The lowest BCUT2D eigenvalue weighted by Gasteiger charge is -2.33. The Hall–Kier alpha value is -0.590. The average molecular weight is 292 g/mol. The second-order valence-corrected chi connectivity index (χ2v) is 7.57. The minimum atomic E-state index is -3.47. The summed E-state index contributed by atoms with van der Waals surface area (Å²) in [5.41, 5.74) is 0. The molecule has 1 saturated carbocycles. The van der Waals surface area contributed by atoms with E-state index in [9.17, 15) is 8.42 Å². The van der Waals surface area contributed by atoms with Crippen LogP contribution in [0.3, 0.4) is 0 Å². The van der Waals surface area contributed by atoms with Crippen LogP contribution in [0.2, 0.25) is 0 Å². The Morgan fingerprint density at radius 2 is 2.17 bits per heavy atom. The summed E-state index contributed by atoms with van der Waals surface area (Å²) in [6.45, 7) is 2.30. The summed E-state index contributed by atoms with van der Waals surface area (Å²) in [5.74, 6) is 1.06. The highest BCUT2D eigenvalue weighted by molar-refractivity contribution is 7.89. The van der Waals surface area contributed by atoms with Crippen LogP contribution in [-0.4, -0.2) is 41.2 Å². The Morgan fingerprint density at radius 3 is 2.61 bits per heavy atom. The van der Waals surface area contributed by atoms with E-state index >= 15 is 0 Å². The van der Waals surface area contributed by atoms with Gasteiger partial charge in [-0.1, -0.05) is 0 Å². The average Bonchev–Trinajstić information content (AvgIpc) is 2.57. The molecule has 1 aliphatic carbocycles. The first-order chi connectivity index (χ1) is 8.30. The third-order valence-corrected chi connectivity index (χ3v) is 5.51. The van der Waals surface area contributed by atoms with Crippen LogP contribution in [0.25, 0.3) is 0 Å². The van der Waals surface area contributed by atoms with Crippen molar-refractivity contribution >= 4 is 21.6 Å². The van der Waals surface area contributed by atoms with Crippen molar-refractivity contribution in [1.82, 2.24) is 13.9 Å². The van der Waals surface area contributed by atoms with Gasteiger partial charge in [0.2, 0.25) is 0 Å². The molecule has 0 amide bonds. The molecule has 1 aliphatic rings. The maximum absolute atomic E-state index is 12.3. The second-order valence-electron chi connectivity index (χ2n) is 4.96. The van der Waals surface area contributed by atoms with Gasteiger partial charge >= 0.3 is 0 Å². The molecule has 7 heteroatoms. The molecule has 1 aromatic heterocycles. The van der Waals surface area contributed by atoms with E-state index in [0.29, 0.717) is 18.3 Å². The molecular formula is C11H18ClN3O2S. The molecule has 0 atom stereocenters. The molecule has 0 unspecified atom stereocenters. The van der Waals surface area contributed by atoms with E-state index in [1.54, 1.807) is 31.8 Å². The summed E-state index contributed by atoms with van der Waals surface area (Å²) in [4.78, 5) is 4.08. The number of sulfonamides is 1. The first-order valence-electron chi connectivity index (χ1n) is 5.91. The zero-order chi connectivity index (χ0) is 13.5. The van der Waals surface area contributed by atoms with E-state index in [-0.39, 0.29) is 10.4 Å². The normalized spacial score (nSPS) is 24.3. The van der Waals surface area contributed by atoms with Crippen molar-refractivity contribution in [2.24, 2.45) is 13.0 Å². The number of nitrogens with zero attached hydrogens (tertiary/aromatic N) is 3. The molecule has 0 bridgehead atoms. The van der Waals surface area contributed by atoms with Crippen LogP contribution in [0.15, 0.2) is 11.2 Å². The predicted molar refractivity (Wildman–Crippen MR) is 70.1 cm³/mol. The Kier molecular flexibility index (Phi) is 3.71. The van der Waals surface area contributed by atoms with Gasteiger partial charge in [0.15, 0.2) is 5.03 Å². The van der Waals surface area contributed by atoms with E-state index in [4.69, 9.17) is 11.6 Å². The van der Waals surface area contributed by atoms with Crippen molar-refractivity contribution in [2.75, 3.05) is 13.6 Å². The predicted octanol–water partition coefficient (Wildman–Crippen LogP) is 1.37. The van der Waals surface area contributed by atoms with E-state index < -0.39 is 10.0 Å². The molecular weight excluding hydrogens is 274 g/mol. The van der Waals surface area contributed by atoms with Gasteiger partial charge in [0.25, 0.3) is 10.0 Å². The minimum Gasteiger partial charge on any atom is -0.337 e. The van der Waals surface area contributed by atoms with Crippen molar-refractivity contribution < 1.29 is 8.42 Å². The van der Waals surface area contributed by atoms with Crippen LogP contribution in [-0.2, 0) is 17.1 Å². The van der Waals surface area contributed by atoms with E-state index in [1.165, 1.54) is 4.31 Å². The summed E-state index contributed by atoms with van der Waals surface area (Å²) in [7, 11) is -0.0899. The number of aromatic nitrogens is 2. The van der Waals surface area contributed by atoms with Crippen molar-refractivity contribution in [3.63, 3.8) is 0 Å². The largest absolute Gasteiger partial charge is 0.337 e. The van der Waals surface area contributed by atoms with Crippen molar-refractivity contribution in [2.45, 2.75) is 30.2 Å². The molecule has 1 heterocycles. The topological polar surface area (TPSA) is 55.2 Å². The molecule has 102 valence electrons. The monoisotopic (exact) mass is 291 g/mol. The highest BCUT2D eigenvalue weighted by Crippen LogP contribution is 2.33. The summed E-state index contributed by atoms with van der Waals surface area (Å²) in [6, 6.07) is 0. The number of rotatable bonds is 4. The Morgan fingerprint density at radius 1 is 1.56 bits per heavy atom. The lowest BCUT2D eigenvalue weighted by atomic mass is 9.85. The molecule has 0 N–H and O–H groups in total. The highest BCUT2D eigenvalue weighted by Gasteiger charge is 2.32. The van der Waals surface area contributed by atoms with E-state index in [0.717, 1.165) is 12.8 Å². The number of alkyl halides is 1. The van der Waals surface area contributed by atoms with Crippen molar-refractivity contribution in [1.29, 1.82) is 0 Å². The number of halogens is 1. The first kappa shape index (κ1) is 13.8. The molecule has 5 nitrogen and oxygen atoms in total. The molecule has 1 aromatic rings. The highest BCUT2D eigenvalue weighted by atomic mass is 35.5. The minimum absolute atomic E-state index is 0.117. The maximum Gasteiger partial charge on any atom is 0.261 e. The third kappa shape index (κ3) is 2.55. The second kappa shape index (κ2) is 4.83. The van der Waals surface area contributed by atoms with Gasteiger partial charge in [-0.15, -0.1) is 11.6 Å². The standard InChI is InChI=1S/C11H18ClN3O2S/c1-8-13-11(7-14(8)2)18(16,17)15(3)6-9-4-10(12)5-9/h7,9-10H,4-6H2,1-3H3. The smallest absolute Gasteiger partial charge is 0.261 e. The molecule has 0 aliphatic heterocycles. The summed E-state index contributed by atoms with van der Waals surface area (Å²) >= 11 is 5.90. The van der Waals surface area contributed by atoms with Gasteiger partial charge in [-0.3, -0.25) is 0 Å². The van der Waals surface area contributed by atoms with Gasteiger partial charge in [-0.25, -0.2) is 13.4 Å². The van der Waals surface area contributed by atoms with Crippen molar-refractivity contribution in [3.05, 3.63) is 12.0 Å². The zero-order valence-corrected chi connectivity index (χ0v) is 12.4. The maximum atomic E-state index is 12.3. The molecule has 0 spiro atoms. The summed E-state index contributed by atoms with van der Waals surface area (Å²) < 4.78 is 27.6. The molecule has 18 heavy (non-hydrogen) atoms. The fourth-order valence-corrected chi connectivity index (χ4v) is 3.84. The number of hydrogen-bond donors (Lipinski definition) is 0. The van der Waals surface area contributed by atoms with Gasteiger partial charge in [-0.2, -0.15) is 4.31 Å². The molecule has 1 fully saturated rings. The third-order valence-electron chi connectivity index (χ3n) is 3.45. The Labute approximate surface area is 113 Å². The Bertz CT molecular complexity index is 515. The van der Waals surface area contributed by atoms with Gasteiger partial charge in [0.05, 0.1) is 0 Å². The number of aryl methyl sites for hydroxylation is 2. The number of hydrogen-bond acceptors (Lipinski definition) is 3. The number of imidazole rings is 1.